The predicted molar refractivity (Wildman–Crippen MR) is 233 cm³/mol. The number of ether oxygens (including phenoxy) is 1. The molecule has 0 radical (unpaired) electrons. The van der Waals surface area contributed by atoms with Crippen molar-refractivity contribution in [3.8, 4) is 0 Å². The maximum atomic E-state index is 14.0. The lowest BCUT2D eigenvalue weighted by atomic mass is 9.98. The number of methoxy groups -OCH3 is 1. The van der Waals surface area contributed by atoms with Crippen molar-refractivity contribution < 1.29 is 23.5 Å². The van der Waals surface area contributed by atoms with Gasteiger partial charge in [0, 0.05) is 66.1 Å². The molecule has 14 heteroatoms. The van der Waals surface area contributed by atoms with Crippen LogP contribution >= 0.6 is 22.9 Å². The van der Waals surface area contributed by atoms with Crippen LogP contribution in [0.25, 0.3) is 10.9 Å². The van der Waals surface area contributed by atoms with Crippen molar-refractivity contribution in [3.63, 3.8) is 0 Å². The van der Waals surface area contributed by atoms with E-state index in [4.69, 9.17) is 25.7 Å². The van der Waals surface area contributed by atoms with Gasteiger partial charge in [-0.15, -0.1) is 11.3 Å². The van der Waals surface area contributed by atoms with Crippen LogP contribution < -0.4 is 21.0 Å². The number of carbonyl (C=O) groups excluding carboxylic acids is 3. The van der Waals surface area contributed by atoms with Crippen LogP contribution in [-0.2, 0) is 26.9 Å². The summed E-state index contributed by atoms with van der Waals surface area (Å²) in [4.78, 5) is 53.5. The van der Waals surface area contributed by atoms with E-state index in [-0.39, 0.29) is 41.5 Å². The van der Waals surface area contributed by atoms with Crippen LogP contribution in [0.2, 0.25) is 10.1 Å². The number of aromatic amines is 1. The number of halogens is 1. The largest absolute Gasteiger partial charge is 0.406 e. The van der Waals surface area contributed by atoms with E-state index in [9.17, 15) is 14.4 Å². The average molecular weight is 842 g/mol. The Morgan fingerprint density at radius 3 is 2.24 bits per heavy atom. The molecule has 58 heavy (non-hydrogen) atoms. The van der Waals surface area contributed by atoms with Gasteiger partial charge in [0.25, 0.3) is 20.1 Å². The molecule has 1 saturated heterocycles. The fourth-order valence-electron chi connectivity index (χ4n) is 8.36. The van der Waals surface area contributed by atoms with Crippen molar-refractivity contribution in [3.05, 3.63) is 111 Å². The van der Waals surface area contributed by atoms with E-state index in [0.717, 1.165) is 28.0 Å². The summed E-state index contributed by atoms with van der Waals surface area (Å²) in [7, 11) is -1.26. The number of amides is 3. The average Bonchev–Trinajstić information content (AvgIpc) is 3.83. The smallest absolute Gasteiger partial charge is 0.280 e. The van der Waals surface area contributed by atoms with E-state index in [1.54, 1.807) is 23.1 Å². The molecular weight excluding hydrogens is 788 g/mol. The van der Waals surface area contributed by atoms with Gasteiger partial charge in [-0.1, -0.05) is 93.0 Å². The Morgan fingerprint density at radius 1 is 0.914 bits per heavy atom. The summed E-state index contributed by atoms with van der Waals surface area (Å²) >= 11 is 7.58. The standard InChI is InChI=1S/C44H53ClN6O5SSi/c1-43(2,3)58(31-13-9-7-10-14-31,32-15-11-8-12-16-32)56-28-44(4,5)51-22-20-35-38(26-51)57-42(49-35)41(54)48-37-25-50(39(52)27-55-6)21-19-34(37)47-40(53)36-24-29-23-30(45)17-18-33(29)46-36/h7-18,23-24,34,37,46H,19-22,25-28H2,1-6H3,(H,47,53)(H,48,54)/t34-,37+/m0/s1. The van der Waals surface area contributed by atoms with Gasteiger partial charge in [0.1, 0.15) is 12.3 Å². The topological polar surface area (TPSA) is 129 Å². The highest BCUT2D eigenvalue weighted by Gasteiger charge is 2.51. The van der Waals surface area contributed by atoms with Crippen LogP contribution in [0, 0.1) is 0 Å². The molecule has 2 aromatic heterocycles. The molecular formula is C44H53ClN6O5SSi. The Kier molecular flexibility index (Phi) is 12.3. The lowest BCUT2D eigenvalue weighted by Crippen LogP contribution is -2.68. The number of H-pyrrole nitrogens is 1. The molecule has 3 N–H and O–H groups in total. The van der Waals surface area contributed by atoms with Crippen LogP contribution in [0.3, 0.4) is 0 Å². The maximum Gasteiger partial charge on any atom is 0.280 e. The van der Waals surface area contributed by atoms with Crippen LogP contribution in [0.15, 0.2) is 84.9 Å². The van der Waals surface area contributed by atoms with E-state index < -0.39 is 20.4 Å². The van der Waals surface area contributed by atoms with E-state index in [2.05, 4.69) is 116 Å². The Morgan fingerprint density at radius 2 is 1.59 bits per heavy atom. The first-order valence-electron chi connectivity index (χ1n) is 19.8. The minimum Gasteiger partial charge on any atom is -0.406 e. The number of carbonyl (C=O) groups is 3. The zero-order chi connectivity index (χ0) is 41.2. The van der Waals surface area contributed by atoms with Crippen LogP contribution in [-0.4, -0.2) is 103 Å². The minimum atomic E-state index is -2.74. The molecule has 4 heterocycles. The van der Waals surface area contributed by atoms with E-state index in [1.807, 2.05) is 6.07 Å². The highest BCUT2D eigenvalue weighted by atomic mass is 35.5. The molecule has 0 saturated carbocycles. The van der Waals surface area contributed by atoms with E-state index in [1.165, 1.54) is 28.8 Å². The molecule has 3 aromatic carbocycles. The molecule has 0 bridgehead atoms. The molecule has 2 aliphatic rings. The third-order valence-corrected chi connectivity index (χ3v) is 17.8. The van der Waals surface area contributed by atoms with Gasteiger partial charge in [-0.25, -0.2) is 4.98 Å². The molecule has 11 nitrogen and oxygen atoms in total. The number of thiazole rings is 1. The third kappa shape index (κ3) is 8.66. The predicted octanol–water partition coefficient (Wildman–Crippen LogP) is 5.77. The van der Waals surface area contributed by atoms with Gasteiger partial charge in [-0.05, 0) is 59.9 Å². The lowest BCUT2D eigenvalue weighted by molar-refractivity contribution is -0.136. The van der Waals surface area contributed by atoms with Crippen molar-refractivity contribution in [2.45, 2.75) is 76.7 Å². The maximum absolute atomic E-state index is 14.0. The first-order valence-corrected chi connectivity index (χ1v) is 22.9. The molecule has 0 spiro atoms. The van der Waals surface area contributed by atoms with Gasteiger partial charge in [0.05, 0.1) is 24.4 Å². The number of aromatic nitrogens is 2. The second kappa shape index (κ2) is 17.1. The molecule has 2 aliphatic heterocycles. The summed E-state index contributed by atoms with van der Waals surface area (Å²) in [5.41, 5.74) is 1.79. The fraction of sp³-hybridized carbons (Fsp3) is 0.409. The summed E-state index contributed by atoms with van der Waals surface area (Å²) in [5.74, 6) is -0.810. The van der Waals surface area contributed by atoms with Gasteiger partial charge in [0.15, 0.2) is 5.01 Å². The molecule has 0 unspecified atom stereocenters. The van der Waals surface area contributed by atoms with Crippen molar-refractivity contribution in [1.82, 2.24) is 30.4 Å². The number of likely N-dealkylation sites (tertiary alicyclic amines) is 1. The first kappa shape index (κ1) is 41.8. The zero-order valence-electron chi connectivity index (χ0n) is 34.1. The quantitative estimate of drug-likeness (QED) is 0.136. The van der Waals surface area contributed by atoms with E-state index in [0.29, 0.717) is 48.3 Å². The van der Waals surface area contributed by atoms with Gasteiger partial charge >= 0.3 is 0 Å². The van der Waals surface area contributed by atoms with Crippen LogP contribution in [0.5, 0.6) is 0 Å². The lowest BCUT2D eigenvalue weighted by Gasteiger charge is -2.47. The molecule has 3 amide bonds. The summed E-state index contributed by atoms with van der Waals surface area (Å²) in [5, 5.41) is 10.4. The fourth-order valence-corrected chi connectivity index (χ4v) is 14.3. The van der Waals surface area contributed by atoms with Gasteiger partial charge in [0.2, 0.25) is 5.91 Å². The van der Waals surface area contributed by atoms with Crippen molar-refractivity contribution in [2.75, 3.05) is 40.0 Å². The van der Waals surface area contributed by atoms with E-state index >= 15 is 0 Å². The first-order chi connectivity index (χ1) is 27.7. The third-order valence-electron chi connectivity index (χ3n) is 11.5. The zero-order valence-corrected chi connectivity index (χ0v) is 36.6. The molecule has 0 aliphatic carbocycles. The van der Waals surface area contributed by atoms with Gasteiger partial charge < -0.3 is 29.7 Å². The monoisotopic (exact) mass is 840 g/mol. The summed E-state index contributed by atoms with van der Waals surface area (Å²) < 4.78 is 12.5. The molecule has 306 valence electrons. The Balaban J connectivity index is 1.06. The second-order valence-corrected chi connectivity index (χ2v) is 22.8. The highest BCUT2D eigenvalue weighted by Crippen LogP contribution is 2.38. The van der Waals surface area contributed by atoms with Crippen molar-refractivity contribution in [2.24, 2.45) is 0 Å². The molecule has 1 fully saturated rings. The number of rotatable bonds is 12. The number of fused-ring (bicyclic) bond motifs is 2. The van der Waals surface area contributed by atoms with Crippen LogP contribution in [0.1, 0.15) is 71.9 Å². The number of hydrogen-bond donors (Lipinski definition) is 3. The highest BCUT2D eigenvalue weighted by molar-refractivity contribution is 7.13. The van der Waals surface area contributed by atoms with Crippen LogP contribution in [0.4, 0.5) is 0 Å². The minimum absolute atomic E-state index is 0.0652. The second-order valence-electron chi connectivity index (χ2n) is 17.0. The summed E-state index contributed by atoms with van der Waals surface area (Å²) in [6.45, 7) is 13.9. The normalized spacial score (nSPS) is 17.9. The number of nitrogens with one attached hydrogen (secondary N) is 3. The SMILES string of the molecule is COCC(=O)N1CC[C@H](NC(=O)c2cc3cc(Cl)ccc3[nH]2)[C@H](NC(=O)c2nc3c(s2)CN(C(C)(C)CO[Si](c2ccccc2)(c2ccccc2)C(C)(C)C)CC3)C1. The number of piperidine rings is 1. The number of benzene rings is 3. The van der Waals surface area contributed by atoms with Crippen molar-refractivity contribution in [1.29, 1.82) is 0 Å². The summed E-state index contributed by atoms with van der Waals surface area (Å²) in [6.07, 6.45) is 1.16. The Hall–Kier alpha value is -4.37. The van der Waals surface area contributed by atoms with Crippen molar-refractivity contribution >= 4 is 70.3 Å². The van der Waals surface area contributed by atoms with Gasteiger partial charge in [-0.3, -0.25) is 19.3 Å². The Bertz CT molecular complexity index is 2220. The number of hydrogen-bond acceptors (Lipinski definition) is 8. The van der Waals surface area contributed by atoms with Gasteiger partial charge in [-0.2, -0.15) is 0 Å². The summed E-state index contributed by atoms with van der Waals surface area (Å²) in [6, 6.07) is 27.6. The Labute approximate surface area is 350 Å². The number of nitrogens with zero attached hydrogens (tertiary/aromatic N) is 3. The molecule has 7 rings (SSSR count). The molecule has 2 atom stereocenters. The molecule has 5 aromatic rings.